The minimum absolute atomic E-state index is 0.694. The molecular weight excluding hydrogens is 320 g/mol. The number of hydrogen-bond acceptors (Lipinski definition) is 1. The molecular formula is C12H7Br2O. The van der Waals surface area contributed by atoms with Gasteiger partial charge in [-0.2, -0.15) is 0 Å². The van der Waals surface area contributed by atoms with Gasteiger partial charge in [-0.1, -0.05) is 28.1 Å². The van der Waals surface area contributed by atoms with Gasteiger partial charge >= 0.3 is 0 Å². The zero-order valence-electron chi connectivity index (χ0n) is 7.71. The molecule has 2 aromatic carbocycles. The van der Waals surface area contributed by atoms with Gasteiger partial charge in [0, 0.05) is 10.5 Å². The first kappa shape index (κ1) is 10.7. The van der Waals surface area contributed by atoms with Gasteiger partial charge in [-0.15, -0.1) is 0 Å². The molecule has 0 aliphatic heterocycles. The van der Waals surface area contributed by atoms with Crippen LogP contribution in [0.25, 0.3) is 0 Å². The predicted molar refractivity (Wildman–Crippen MR) is 67.2 cm³/mol. The van der Waals surface area contributed by atoms with Crippen LogP contribution in [0.1, 0.15) is 0 Å². The summed E-state index contributed by atoms with van der Waals surface area (Å²) in [4.78, 5) is 0. The molecule has 0 atom stereocenters. The van der Waals surface area contributed by atoms with Crippen molar-refractivity contribution in [3.05, 3.63) is 57.5 Å². The predicted octanol–water partition coefficient (Wildman–Crippen LogP) is 4.80. The fourth-order valence-electron chi connectivity index (χ4n) is 1.10. The standard InChI is InChI=1S/C12H7Br2O/c13-9-5-7-10(8-6-9)15-12-4-2-1-3-11(12)14/h1-3,5-8H. The lowest BCUT2D eigenvalue weighted by atomic mass is 10.3. The second-order valence-corrected chi connectivity index (χ2v) is 4.67. The maximum absolute atomic E-state index is 5.64. The Kier molecular flexibility index (Phi) is 3.44. The molecule has 0 N–H and O–H groups in total. The summed E-state index contributed by atoms with van der Waals surface area (Å²) in [6.07, 6.45) is 0. The van der Waals surface area contributed by atoms with Crippen molar-refractivity contribution in [3.63, 3.8) is 0 Å². The van der Waals surface area contributed by atoms with Gasteiger partial charge in [0.1, 0.15) is 11.5 Å². The Bertz CT molecular complexity index is 451. The van der Waals surface area contributed by atoms with Crippen LogP contribution in [0.4, 0.5) is 0 Å². The molecule has 3 heteroatoms. The number of hydrogen-bond donors (Lipinski definition) is 0. The molecule has 0 aromatic heterocycles. The van der Waals surface area contributed by atoms with E-state index in [1.807, 2.05) is 42.5 Å². The Hall–Kier alpha value is -0.800. The first-order valence-electron chi connectivity index (χ1n) is 4.35. The highest BCUT2D eigenvalue weighted by Crippen LogP contribution is 2.29. The van der Waals surface area contributed by atoms with Crippen LogP contribution in [0.15, 0.2) is 51.4 Å². The van der Waals surface area contributed by atoms with E-state index in [1.54, 1.807) is 0 Å². The summed E-state index contributed by atoms with van der Waals surface area (Å²) in [7, 11) is 0. The van der Waals surface area contributed by atoms with Crippen LogP contribution in [0.3, 0.4) is 0 Å². The van der Waals surface area contributed by atoms with Crippen LogP contribution in [0.2, 0.25) is 0 Å². The Labute approximate surface area is 105 Å². The monoisotopic (exact) mass is 325 g/mol. The topological polar surface area (TPSA) is 9.23 Å². The van der Waals surface area contributed by atoms with Crippen molar-refractivity contribution in [2.75, 3.05) is 0 Å². The number of para-hydroxylation sites is 1. The lowest BCUT2D eigenvalue weighted by molar-refractivity contribution is 0.478. The summed E-state index contributed by atoms with van der Waals surface area (Å²) >= 11 is 6.78. The minimum Gasteiger partial charge on any atom is -0.456 e. The van der Waals surface area contributed by atoms with Crippen LogP contribution in [-0.4, -0.2) is 0 Å². The quantitative estimate of drug-likeness (QED) is 0.770. The van der Waals surface area contributed by atoms with E-state index in [1.165, 1.54) is 0 Å². The third-order valence-corrected chi connectivity index (χ3v) is 2.96. The number of benzene rings is 2. The average molecular weight is 327 g/mol. The highest BCUT2D eigenvalue weighted by molar-refractivity contribution is 9.10. The molecule has 75 valence electrons. The van der Waals surface area contributed by atoms with Crippen molar-refractivity contribution in [3.8, 4) is 11.5 Å². The Morgan fingerprint density at radius 1 is 1.00 bits per heavy atom. The van der Waals surface area contributed by atoms with Gasteiger partial charge in [-0.25, -0.2) is 0 Å². The molecule has 15 heavy (non-hydrogen) atoms. The molecule has 1 radical (unpaired) electrons. The van der Waals surface area contributed by atoms with Crippen molar-refractivity contribution in [2.24, 2.45) is 0 Å². The van der Waals surface area contributed by atoms with Gasteiger partial charge in [0.2, 0.25) is 0 Å². The Morgan fingerprint density at radius 3 is 2.40 bits per heavy atom. The fraction of sp³-hybridized carbons (Fsp3) is 0. The Morgan fingerprint density at radius 2 is 1.73 bits per heavy atom. The Balaban J connectivity index is 2.22. The molecule has 0 spiro atoms. The van der Waals surface area contributed by atoms with E-state index in [4.69, 9.17) is 4.74 Å². The van der Waals surface area contributed by atoms with Gasteiger partial charge in [0.15, 0.2) is 0 Å². The second-order valence-electron chi connectivity index (χ2n) is 2.90. The lowest BCUT2D eigenvalue weighted by Gasteiger charge is -2.06. The van der Waals surface area contributed by atoms with Crippen molar-refractivity contribution in [2.45, 2.75) is 0 Å². The van der Waals surface area contributed by atoms with Crippen molar-refractivity contribution >= 4 is 31.9 Å². The molecule has 0 fully saturated rings. The molecule has 0 amide bonds. The summed E-state index contributed by atoms with van der Waals surface area (Å²) in [6, 6.07) is 16.3. The number of ether oxygens (including phenoxy) is 1. The largest absolute Gasteiger partial charge is 0.456 e. The van der Waals surface area contributed by atoms with Crippen LogP contribution >= 0.6 is 31.9 Å². The summed E-state index contributed by atoms with van der Waals surface area (Å²) < 4.78 is 7.57. The van der Waals surface area contributed by atoms with Gasteiger partial charge < -0.3 is 4.74 Å². The third kappa shape index (κ3) is 2.83. The highest BCUT2D eigenvalue weighted by Gasteiger charge is 2.01. The molecule has 0 heterocycles. The SMILES string of the molecule is Brc1ccc(Oc2[c]cccc2Br)cc1. The smallest absolute Gasteiger partial charge is 0.149 e. The summed E-state index contributed by atoms with van der Waals surface area (Å²) in [5, 5.41) is 0. The molecule has 0 saturated carbocycles. The maximum atomic E-state index is 5.64. The maximum Gasteiger partial charge on any atom is 0.149 e. The van der Waals surface area contributed by atoms with E-state index < -0.39 is 0 Å². The van der Waals surface area contributed by atoms with Crippen LogP contribution in [0, 0.1) is 6.07 Å². The lowest BCUT2D eigenvalue weighted by Crippen LogP contribution is -1.84. The molecule has 0 saturated heterocycles. The van der Waals surface area contributed by atoms with E-state index in [0.717, 1.165) is 14.7 Å². The zero-order valence-corrected chi connectivity index (χ0v) is 10.9. The van der Waals surface area contributed by atoms with Gasteiger partial charge in [0.05, 0.1) is 4.47 Å². The third-order valence-electron chi connectivity index (χ3n) is 1.80. The molecule has 1 nitrogen and oxygen atoms in total. The molecule has 2 rings (SSSR count). The highest BCUT2D eigenvalue weighted by atomic mass is 79.9. The summed E-state index contributed by atoms with van der Waals surface area (Å²) in [5.74, 6) is 1.49. The van der Waals surface area contributed by atoms with Crippen LogP contribution in [0.5, 0.6) is 11.5 Å². The van der Waals surface area contributed by atoms with E-state index in [-0.39, 0.29) is 0 Å². The van der Waals surface area contributed by atoms with Crippen molar-refractivity contribution < 1.29 is 4.74 Å². The van der Waals surface area contributed by atoms with Crippen molar-refractivity contribution in [1.82, 2.24) is 0 Å². The number of rotatable bonds is 2. The van der Waals surface area contributed by atoms with Crippen LogP contribution in [-0.2, 0) is 0 Å². The average Bonchev–Trinajstić information content (AvgIpc) is 2.25. The van der Waals surface area contributed by atoms with Gasteiger partial charge in [-0.05, 0) is 46.3 Å². The van der Waals surface area contributed by atoms with Gasteiger partial charge in [-0.3, -0.25) is 0 Å². The first-order valence-corrected chi connectivity index (χ1v) is 5.94. The van der Waals surface area contributed by atoms with E-state index in [2.05, 4.69) is 37.9 Å². The first-order chi connectivity index (χ1) is 7.25. The van der Waals surface area contributed by atoms with E-state index in [0.29, 0.717) is 5.75 Å². The molecule has 2 aromatic rings. The summed E-state index contributed by atoms with van der Waals surface area (Å²) in [6.45, 7) is 0. The zero-order chi connectivity index (χ0) is 10.7. The summed E-state index contributed by atoms with van der Waals surface area (Å²) in [5.41, 5.74) is 0. The molecule has 0 unspecified atom stereocenters. The molecule has 0 aliphatic rings. The van der Waals surface area contributed by atoms with E-state index in [9.17, 15) is 0 Å². The molecule has 0 aliphatic carbocycles. The van der Waals surface area contributed by atoms with E-state index >= 15 is 0 Å². The van der Waals surface area contributed by atoms with Crippen LogP contribution < -0.4 is 4.74 Å². The molecule has 0 bridgehead atoms. The van der Waals surface area contributed by atoms with Gasteiger partial charge in [0.25, 0.3) is 0 Å². The minimum atomic E-state index is 0.694. The number of halogens is 2. The second kappa shape index (κ2) is 4.81. The normalized spacial score (nSPS) is 10.0. The van der Waals surface area contributed by atoms with Crippen molar-refractivity contribution in [1.29, 1.82) is 0 Å². The fourth-order valence-corrected chi connectivity index (χ4v) is 1.71.